The SMILES string of the molecule is CC(C)C1CCCCC1(CN)Nc1cccc(F)c1. The summed E-state index contributed by atoms with van der Waals surface area (Å²) in [7, 11) is 0. The molecule has 1 aromatic carbocycles. The highest BCUT2D eigenvalue weighted by Gasteiger charge is 2.41. The molecular weight excluding hydrogens is 239 g/mol. The Balaban J connectivity index is 2.25. The first-order valence-corrected chi connectivity index (χ1v) is 7.31. The van der Waals surface area contributed by atoms with Gasteiger partial charge in [0.05, 0.1) is 5.54 Å². The van der Waals surface area contributed by atoms with Crippen molar-refractivity contribution in [2.45, 2.75) is 45.1 Å². The van der Waals surface area contributed by atoms with Crippen LogP contribution in [0.5, 0.6) is 0 Å². The van der Waals surface area contributed by atoms with Crippen LogP contribution in [0.15, 0.2) is 24.3 Å². The Morgan fingerprint density at radius 3 is 2.84 bits per heavy atom. The third-order valence-corrected chi connectivity index (χ3v) is 4.48. The van der Waals surface area contributed by atoms with Crippen molar-refractivity contribution >= 4 is 5.69 Å². The minimum Gasteiger partial charge on any atom is -0.378 e. The zero-order valence-electron chi connectivity index (χ0n) is 12.0. The third kappa shape index (κ3) is 3.08. The zero-order chi connectivity index (χ0) is 13.9. The van der Waals surface area contributed by atoms with E-state index in [0.717, 1.165) is 12.1 Å². The molecule has 0 heterocycles. The summed E-state index contributed by atoms with van der Waals surface area (Å²) in [5.74, 6) is 0.938. The van der Waals surface area contributed by atoms with Crippen LogP contribution in [0.2, 0.25) is 0 Å². The minimum atomic E-state index is -0.200. The lowest BCUT2D eigenvalue weighted by Crippen LogP contribution is -2.55. The highest BCUT2D eigenvalue weighted by Crippen LogP contribution is 2.40. The molecule has 3 N–H and O–H groups in total. The van der Waals surface area contributed by atoms with Crippen LogP contribution in [-0.4, -0.2) is 12.1 Å². The molecule has 1 saturated carbocycles. The van der Waals surface area contributed by atoms with E-state index in [4.69, 9.17) is 5.73 Å². The number of halogens is 1. The van der Waals surface area contributed by atoms with Crippen molar-refractivity contribution in [3.8, 4) is 0 Å². The summed E-state index contributed by atoms with van der Waals surface area (Å²) in [6.45, 7) is 5.12. The topological polar surface area (TPSA) is 38.0 Å². The van der Waals surface area contributed by atoms with Crippen LogP contribution in [0.1, 0.15) is 39.5 Å². The van der Waals surface area contributed by atoms with Crippen LogP contribution in [0.4, 0.5) is 10.1 Å². The van der Waals surface area contributed by atoms with Crippen LogP contribution in [0.3, 0.4) is 0 Å². The second kappa shape index (κ2) is 5.91. The van der Waals surface area contributed by atoms with Gasteiger partial charge in [0, 0.05) is 12.2 Å². The maximum atomic E-state index is 13.3. The Kier molecular flexibility index (Phi) is 4.46. The number of hydrogen-bond acceptors (Lipinski definition) is 2. The van der Waals surface area contributed by atoms with E-state index < -0.39 is 0 Å². The van der Waals surface area contributed by atoms with Crippen molar-refractivity contribution in [2.75, 3.05) is 11.9 Å². The molecule has 19 heavy (non-hydrogen) atoms. The molecule has 0 spiro atoms. The summed E-state index contributed by atoms with van der Waals surface area (Å²) >= 11 is 0. The molecule has 2 atom stereocenters. The molecule has 1 aliphatic rings. The Hall–Kier alpha value is -1.09. The molecule has 0 amide bonds. The summed E-state index contributed by atoms with van der Waals surface area (Å²) in [5.41, 5.74) is 6.86. The normalized spacial score (nSPS) is 27.5. The molecular formula is C16H25FN2. The molecule has 0 radical (unpaired) electrons. The first-order chi connectivity index (χ1) is 9.07. The molecule has 2 nitrogen and oxygen atoms in total. The van der Waals surface area contributed by atoms with Gasteiger partial charge in [-0.05, 0) is 42.9 Å². The molecule has 2 unspecified atom stereocenters. The van der Waals surface area contributed by atoms with Crippen molar-refractivity contribution in [1.29, 1.82) is 0 Å². The zero-order valence-corrected chi connectivity index (χ0v) is 12.0. The number of anilines is 1. The van der Waals surface area contributed by atoms with Gasteiger partial charge >= 0.3 is 0 Å². The van der Waals surface area contributed by atoms with Gasteiger partial charge in [0.1, 0.15) is 5.82 Å². The molecule has 1 aromatic rings. The molecule has 3 heteroatoms. The third-order valence-electron chi connectivity index (χ3n) is 4.48. The molecule has 1 aliphatic carbocycles. The van der Waals surface area contributed by atoms with Gasteiger partial charge in [-0.25, -0.2) is 4.39 Å². The monoisotopic (exact) mass is 264 g/mol. The largest absolute Gasteiger partial charge is 0.378 e. The summed E-state index contributed by atoms with van der Waals surface area (Å²) < 4.78 is 13.3. The molecule has 106 valence electrons. The summed E-state index contributed by atoms with van der Waals surface area (Å²) in [4.78, 5) is 0. The summed E-state index contributed by atoms with van der Waals surface area (Å²) in [5, 5.41) is 3.55. The van der Waals surface area contributed by atoms with Crippen LogP contribution in [-0.2, 0) is 0 Å². The number of hydrogen-bond donors (Lipinski definition) is 2. The van der Waals surface area contributed by atoms with Crippen LogP contribution >= 0.6 is 0 Å². The summed E-state index contributed by atoms with van der Waals surface area (Å²) in [6.07, 6.45) is 4.75. The Labute approximate surface area is 115 Å². The van der Waals surface area contributed by atoms with Crippen molar-refractivity contribution in [1.82, 2.24) is 0 Å². The molecule has 0 saturated heterocycles. The Morgan fingerprint density at radius 2 is 2.21 bits per heavy atom. The predicted molar refractivity (Wildman–Crippen MR) is 78.6 cm³/mol. The minimum absolute atomic E-state index is 0.0831. The van der Waals surface area contributed by atoms with Crippen molar-refractivity contribution < 1.29 is 4.39 Å². The fourth-order valence-electron chi connectivity index (χ4n) is 3.55. The van der Waals surface area contributed by atoms with Crippen molar-refractivity contribution in [3.05, 3.63) is 30.1 Å². The van der Waals surface area contributed by atoms with E-state index in [1.54, 1.807) is 12.1 Å². The van der Waals surface area contributed by atoms with Gasteiger partial charge in [0.15, 0.2) is 0 Å². The van der Waals surface area contributed by atoms with Gasteiger partial charge in [-0.1, -0.05) is 32.8 Å². The van der Waals surface area contributed by atoms with E-state index in [-0.39, 0.29) is 11.4 Å². The number of nitrogens with two attached hydrogens (primary N) is 1. The quantitative estimate of drug-likeness (QED) is 0.868. The fourth-order valence-corrected chi connectivity index (χ4v) is 3.55. The number of rotatable bonds is 4. The first-order valence-electron chi connectivity index (χ1n) is 7.31. The standard InChI is InChI=1S/C16H25FN2/c1-12(2)15-8-3-4-9-16(15,11-18)19-14-7-5-6-13(17)10-14/h5-7,10,12,15,19H,3-4,8-9,11,18H2,1-2H3. The number of nitrogens with one attached hydrogen (secondary N) is 1. The molecule has 0 aliphatic heterocycles. The van der Waals surface area contributed by atoms with Crippen LogP contribution < -0.4 is 11.1 Å². The smallest absolute Gasteiger partial charge is 0.125 e. The predicted octanol–water partition coefficient (Wildman–Crippen LogP) is 3.78. The van der Waals surface area contributed by atoms with E-state index in [0.29, 0.717) is 18.4 Å². The van der Waals surface area contributed by atoms with Crippen LogP contribution in [0, 0.1) is 17.7 Å². The van der Waals surface area contributed by atoms with Gasteiger partial charge < -0.3 is 11.1 Å². The van der Waals surface area contributed by atoms with E-state index >= 15 is 0 Å². The van der Waals surface area contributed by atoms with Gasteiger partial charge in [0.25, 0.3) is 0 Å². The second-order valence-corrected chi connectivity index (χ2v) is 6.09. The molecule has 0 bridgehead atoms. The average Bonchev–Trinajstić information content (AvgIpc) is 2.39. The fraction of sp³-hybridized carbons (Fsp3) is 0.625. The highest BCUT2D eigenvalue weighted by atomic mass is 19.1. The lowest BCUT2D eigenvalue weighted by Gasteiger charge is -2.47. The summed E-state index contributed by atoms with van der Waals surface area (Å²) in [6, 6.07) is 6.70. The molecule has 0 aromatic heterocycles. The maximum absolute atomic E-state index is 13.3. The Bertz CT molecular complexity index is 419. The molecule has 2 rings (SSSR count). The highest BCUT2D eigenvalue weighted by molar-refractivity contribution is 5.46. The first kappa shape index (κ1) is 14.3. The van der Waals surface area contributed by atoms with E-state index in [2.05, 4.69) is 19.2 Å². The van der Waals surface area contributed by atoms with E-state index in [1.807, 2.05) is 6.07 Å². The van der Waals surface area contributed by atoms with Gasteiger partial charge in [-0.2, -0.15) is 0 Å². The number of benzene rings is 1. The van der Waals surface area contributed by atoms with Gasteiger partial charge in [-0.15, -0.1) is 0 Å². The van der Waals surface area contributed by atoms with Crippen LogP contribution in [0.25, 0.3) is 0 Å². The Morgan fingerprint density at radius 1 is 1.42 bits per heavy atom. The lowest BCUT2D eigenvalue weighted by atomic mass is 9.67. The van der Waals surface area contributed by atoms with E-state index in [1.165, 1.54) is 25.3 Å². The lowest BCUT2D eigenvalue weighted by molar-refractivity contribution is 0.166. The van der Waals surface area contributed by atoms with Crippen molar-refractivity contribution in [2.24, 2.45) is 17.6 Å². The maximum Gasteiger partial charge on any atom is 0.125 e. The van der Waals surface area contributed by atoms with Gasteiger partial charge in [-0.3, -0.25) is 0 Å². The van der Waals surface area contributed by atoms with E-state index in [9.17, 15) is 4.39 Å². The van der Waals surface area contributed by atoms with Crippen molar-refractivity contribution in [3.63, 3.8) is 0 Å². The van der Waals surface area contributed by atoms with Gasteiger partial charge in [0.2, 0.25) is 0 Å². The average molecular weight is 264 g/mol. The molecule has 1 fully saturated rings. The second-order valence-electron chi connectivity index (χ2n) is 6.09.